The number of carbonyl (C=O) groups is 1. The summed E-state index contributed by atoms with van der Waals surface area (Å²) in [6, 6.07) is 8.97. The minimum absolute atomic E-state index is 0.140. The lowest BCUT2D eigenvalue weighted by atomic mass is 10.2. The van der Waals surface area contributed by atoms with Crippen LogP contribution in [0.25, 0.3) is 5.69 Å². The number of aliphatic hydroxyl groups excluding tert-OH is 1. The highest BCUT2D eigenvalue weighted by Crippen LogP contribution is 2.21. The average Bonchev–Trinajstić information content (AvgIpc) is 2.96. The molecule has 0 radical (unpaired) electrons. The zero-order chi connectivity index (χ0) is 16.3. The van der Waals surface area contributed by atoms with Crippen LogP contribution in [0.3, 0.4) is 0 Å². The van der Waals surface area contributed by atoms with Crippen LogP contribution in [0.1, 0.15) is 10.4 Å². The third-order valence-corrected chi connectivity index (χ3v) is 3.02. The number of carbonyl (C=O) groups excluding carboxylic acids is 1. The molecule has 2 aromatic rings. The SMILES string of the molecule is CN(CC(O)C(F)(F)F)C(=O)c1cnn(-c2ccccc2)c1. The summed E-state index contributed by atoms with van der Waals surface area (Å²) in [6.45, 7) is -0.834. The van der Waals surface area contributed by atoms with Crippen molar-refractivity contribution in [2.24, 2.45) is 0 Å². The monoisotopic (exact) mass is 313 g/mol. The van der Waals surface area contributed by atoms with E-state index >= 15 is 0 Å². The summed E-state index contributed by atoms with van der Waals surface area (Å²) in [4.78, 5) is 12.9. The smallest absolute Gasteiger partial charge is 0.382 e. The predicted molar refractivity (Wildman–Crippen MR) is 72.6 cm³/mol. The van der Waals surface area contributed by atoms with E-state index in [2.05, 4.69) is 5.10 Å². The largest absolute Gasteiger partial charge is 0.416 e. The fourth-order valence-corrected chi connectivity index (χ4v) is 1.82. The molecular weight excluding hydrogens is 299 g/mol. The number of hydrogen-bond acceptors (Lipinski definition) is 3. The molecule has 5 nitrogen and oxygen atoms in total. The Hall–Kier alpha value is -2.35. The lowest BCUT2D eigenvalue weighted by Crippen LogP contribution is -2.41. The quantitative estimate of drug-likeness (QED) is 0.937. The summed E-state index contributed by atoms with van der Waals surface area (Å²) < 4.78 is 38.3. The summed E-state index contributed by atoms with van der Waals surface area (Å²) in [6.07, 6.45) is -4.64. The number of para-hydroxylation sites is 1. The molecule has 1 amide bonds. The van der Waals surface area contributed by atoms with Crippen molar-refractivity contribution in [1.82, 2.24) is 14.7 Å². The second-order valence-electron chi connectivity index (χ2n) is 4.75. The second kappa shape index (κ2) is 6.18. The number of amides is 1. The van der Waals surface area contributed by atoms with Gasteiger partial charge in [-0.1, -0.05) is 18.2 Å². The minimum atomic E-state index is -4.76. The summed E-state index contributed by atoms with van der Waals surface area (Å²) in [5, 5.41) is 13.0. The summed E-state index contributed by atoms with van der Waals surface area (Å²) in [5.74, 6) is -0.648. The molecule has 0 fully saturated rings. The van der Waals surface area contributed by atoms with Crippen LogP contribution in [0, 0.1) is 0 Å². The molecule has 0 aliphatic carbocycles. The molecule has 1 atom stereocenters. The number of benzene rings is 1. The third-order valence-electron chi connectivity index (χ3n) is 3.02. The number of rotatable bonds is 4. The second-order valence-corrected chi connectivity index (χ2v) is 4.75. The molecule has 8 heteroatoms. The number of alkyl halides is 3. The molecule has 0 aliphatic heterocycles. The first-order valence-corrected chi connectivity index (χ1v) is 6.39. The standard InChI is InChI=1S/C14H14F3N3O2/c1-19(9-12(21)14(15,16)17)13(22)10-7-18-20(8-10)11-5-3-2-4-6-11/h2-8,12,21H,9H2,1H3. The zero-order valence-electron chi connectivity index (χ0n) is 11.7. The first-order valence-electron chi connectivity index (χ1n) is 6.39. The topological polar surface area (TPSA) is 58.4 Å². The van der Waals surface area contributed by atoms with Crippen molar-refractivity contribution in [3.05, 3.63) is 48.3 Å². The molecular formula is C14H14F3N3O2. The van der Waals surface area contributed by atoms with Crippen LogP contribution < -0.4 is 0 Å². The fourth-order valence-electron chi connectivity index (χ4n) is 1.82. The van der Waals surface area contributed by atoms with Gasteiger partial charge >= 0.3 is 6.18 Å². The number of likely N-dealkylation sites (N-methyl/N-ethyl adjacent to an activating group) is 1. The summed E-state index contributed by atoms with van der Waals surface area (Å²) >= 11 is 0. The van der Waals surface area contributed by atoms with Crippen molar-refractivity contribution >= 4 is 5.91 Å². The van der Waals surface area contributed by atoms with Crippen LogP contribution in [0.5, 0.6) is 0 Å². The lowest BCUT2D eigenvalue weighted by molar-refractivity contribution is -0.205. The lowest BCUT2D eigenvalue weighted by Gasteiger charge is -2.21. The van der Waals surface area contributed by atoms with Gasteiger partial charge in [-0.3, -0.25) is 4.79 Å². The van der Waals surface area contributed by atoms with Gasteiger partial charge in [-0.15, -0.1) is 0 Å². The number of nitrogens with zero attached hydrogens (tertiary/aromatic N) is 3. The van der Waals surface area contributed by atoms with Crippen molar-refractivity contribution in [3.8, 4) is 5.69 Å². The van der Waals surface area contributed by atoms with Crippen molar-refractivity contribution in [1.29, 1.82) is 0 Å². The Morgan fingerprint density at radius 2 is 2.00 bits per heavy atom. The van der Waals surface area contributed by atoms with E-state index in [9.17, 15) is 18.0 Å². The van der Waals surface area contributed by atoms with Crippen LogP contribution in [-0.2, 0) is 0 Å². The Balaban J connectivity index is 2.09. The molecule has 0 saturated carbocycles. The minimum Gasteiger partial charge on any atom is -0.382 e. The fraction of sp³-hybridized carbons (Fsp3) is 0.286. The number of hydrogen-bond donors (Lipinski definition) is 1. The first kappa shape index (κ1) is 16.0. The molecule has 0 aliphatic rings. The molecule has 118 valence electrons. The summed E-state index contributed by atoms with van der Waals surface area (Å²) in [5.41, 5.74) is 0.861. The highest BCUT2D eigenvalue weighted by Gasteiger charge is 2.39. The Morgan fingerprint density at radius 3 is 2.59 bits per heavy atom. The van der Waals surface area contributed by atoms with Gasteiger partial charge in [0, 0.05) is 13.2 Å². The first-order chi connectivity index (χ1) is 10.3. The molecule has 1 unspecified atom stereocenters. The van der Waals surface area contributed by atoms with Crippen molar-refractivity contribution in [2.75, 3.05) is 13.6 Å². The van der Waals surface area contributed by atoms with Gasteiger partial charge < -0.3 is 10.0 Å². The number of aliphatic hydroxyl groups is 1. The number of aromatic nitrogens is 2. The van der Waals surface area contributed by atoms with Crippen LogP contribution in [0.4, 0.5) is 13.2 Å². The molecule has 1 aromatic carbocycles. The Labute approximate surface area is 124 Å². The molecule has 0 spiro atoms. The van der Waals surface area contributed by atoms with Gasteiger partial charge in [0.25, 0.3) is 5.91 Å². The van der Waals surface area contributed by atoms with Gasteiger partial charge in [-0.2, -0.15) is 18.3 Å². The van der Waals surface area contributed by atoms with E-state index in [1.54, 1.807) is 24.3 Å². The van der Waals surface area contributed by atoms with Crippen molar-refractivity contribution in [2.45, 2.75) is 12.3 Å². The van der Waals surface area contributed by atoms with E-state index in [1.165, 1.54) is 24.1 Å². The van der Waals surface area contributed by atoms with Crippen LogP contribution in [-0.4, -0.2) is 51.6 Å². The Morgan fingerprint density at radius 1 is 1.36 bits per heavy atom. The van der Waals surface area contributed by atoms with E-state index in [-0.39, 0.29) is 5.56 Å². The molecule has 1 N–H and O–H groups in total. The van der Waals surface area contributed by atoms with E-state index in [0.717, 1.165) is 10.6 Å². The van der Waals surface area contributed by atoms with Gasteiger partial charge in [0.1, 0.15) is 0 Å². The average molecular weight is 313 g/mol. The van der Waals surface area contributed by atoms with E-state index in [4.69, 9.17) is 5.11 Å². The Bertz CT molecular complexity index is 640. The van der Waals surface area contributed by atoms with E-state index < -0.39 is 24.7 Å². The van der Waals surface area contributed by atoms with Crippen LogP contribution in [0.2, 0.25) is 0 Å². The Kier molecular flexibility index (Phi) is 4.51. The third kappa shape index (κ3) is 3.64. The van der Waals surface area contributed by atoms with Gasteiger partial charge in [0.2, 0.25) is 0 Å². The summed E-state index contributed by atoms with van der Waals surface area (Å²) in [7, 11) is 1.19. The van der Waals surface area contributed by atoms with Gasteiger partial charge in [-0.25, -0.2) is 4.68 Å². The zero-order valence-corrected chi connectivity index (χ0v) is 11.7. The van der Waals surface area contributed by atoms with E-state index in [1.807, 2.05) is 6.07 Å². The van der Waals surface area contributed by atoms with Crippen molar-refractivity contribution < 1.29 is 23.1 Å². The van der Waals surface area contributed by atoms with Crippen LogP contribution in [0.15, 0.2) is 42.7 Å². The highest BCUT2D eigenvalue weighted by molar-refractivity contribution is 5.93. The van der Waals surface area contributed by atoms with Gasteiger partial charge in [-0.05, 0) is 12.1 Å². The van der Waals surface area contributed by atoms with E-state index in [0.29, 0.717) is 0 Å². The maximum Gasteiger partial charge on any atom is 0.416 e. The maximum atomic E-state index is 12.3. The molecule has 1 heterocycles. The predicted octanol–water partition coefficient (Wildman–Crippen LogP) is 1.87. The molecule has 0 bridgehead atoms. The van der Waals surface area contributed by atoms with Gasteiger partial charge in [0.15, 0.2) is 6.10 Å². The van der Waals surface area contributed by atoms with Crippen LogP contribution >= 0.6 is 0 Å². The maximum absolute atomic E-state index is 12.3. The van der Waals surface area contributed by atoms with Gasteiger partial charge in [0.05, 0.1) is 24.0 Å². The molecule has 0 saturated heterocycles. The highest BCUT2D eigenvalue weighted by atomic mass is 19.4. The number of halogens is 3. The molecule has 2 rings (SSSR count). The normalized spacial score (nSPS) is 13.0. The molecule has 1 aromatic heterocycles. The van der Waals surface area contributed by atoms with Crippen molar-refractivity contribution in [3.63, 3.8) is 0 Å². The molecule has 22 heavy (non-hydrogen) atoms.